The standard InChI is InChI=1S/C17H26N2O4S/c1-13-5-4-8-19(10-13)24(20,21)18-11-17(2,3)14-6-7-15-16(9-14)23-12-22-15/h6-7,9,13,18H,4-5,8,10-12H2,1-3H3. The van der Waals surface area contributed by atoms with Crippen LogP contribution >= 0.6 is 0 Å². The van der Waals surface area contributed by atoms with Gasteiger partial charge in [0.15, 0.2) is 11.5 Å². The Morgan fingerprint density at radius 2 is 2.04 bits per heavy atom. The molecule has 0 saturated carbocycles. The maximum atomic E-state index is 12.6. The van der Waals surface area contributed by atoms with Crippen molar-refractivity contribution in [3.8, 4) is 11.5 Å². The molecule has 24 heavy (non-hydrogen) atoms. The van der Waals surface area contributed by atoms with E-state index in [0.29, 0.717) is 31.3 Å². The molecule has 1 saturated heterocycles. The van der Waals surface area contributed by atoms with Crippen LogP contribution in [0, 0.1) is 5.92 Å². The zero-order valence-corrected chi connectivity index (χ0v) is 15.4. The van der Waals surface area contributed by atoms with Gasteiger partial charge in [0.2, 0.25) is 6.79 Å². The van der Waals surface area contributed by atoms with Crippen molar-refractivity contribution in [2.24, 2.45) is 5.92 Å². The molecule has 1 fully saturated rings. The predicted molar refractivity (Wildman–Crippen MR) is 92.5 cm³/mol. The second-order valence-corrected chi connectivity index (χ2v) is 9.14. The second kappa shape index (κ2) is 6.54. The maximum absolute atomic E-state index is 12.6. The average Bonchev–Trinajstić information content (AvgIpc) is 3.01. The van der Waals surface area contributed by atoms with Crippen LogP contribution in [-0.2, 0) is 15.6 Å². The number of fused-ring (bicyclic) bond motifs is 1. The van der Waals surface area contributed by atoms with E-state index in [0.717, 1.165) is 24.2 Å². The molecule has 2 heterocycles. The number of nitrogens with one attached hydrogen (secondary N) is 1. The van der Waals surface area contributed by atoms with E-state index in [1.54, 1.807) is 4.31 Å². The van der Waals surface area contributed by atoms with Gasteiger partial charge >= 0.3 is 0 Å². The number of benzene rings is 1. The van der Waals surface area contributed by atoms with Crippen LogP contribution in [0.5, 0.6) is 11.5 Å². The summed E-state index contributed by atoms with van der Waals surface area (Å²) < 4.78 is 40.2. The Labute approximate surface area is 144 Å². The number of piperidine rings is 1. The van der Waals surface area contributed by atoms with Gasteiger partial charge in [-0.2, -0.15) is 12.7 Å². The zero-order chi connectivity index (χ0) is 17.4. The van der Waals surface area contributed by atoms with Crippen LogP contribution in [0.2, 0.25) is 0 Å². The smallest absolute Gasteiger partial charge is 0.279 e. The summed E-state index contributed by atoms with van der Waals surface area (Å²) in [6, 6.07) is 5.77. The lowest BCUT2D eigenvalue weighted by molar-refractivity contribution is 0.174. The molecule has 0 bridgehead atoms. The molecule has 1 aromatic rings. The first-order valence-electron chi connectivity index (χ1n) is 8.43. The van der Waals surface area contributed by atoms with Crippen molar-refractivity contribution >= 4 is 10.2 Å². The Balaban J connectivity index is 1.68. The van der Waals surface area contributed by atoms with E-state index in [4.69, 9.17) is 9.47 Å². The van der Waals surface area contributed by atoms with Crippen LogP contribution < -0.4 is 14.2 Å². The van der Waals surface area contributed by atoms with Crippen LogP contribution in [0.4, 0.5) is 0 Å². The van der Waals surface area contributed by atoms with Crippen molar-refractivity contribution < 1.29 is 17.9 Å². The molecule has 0 aliphatic carbocycles. The number of ether oxygens (including phenoxy) is 2. The van der Waals surface area contributed by atoms with E-state index in [-0.39, 0.29) is 12.2 Å². The van der Waals surface area contributed by atoms with Gasteiger partial charge in [0, 0.05) is 25.0 Å². The molecular formula is C17H26N2O4S. The van der Waals surface area contributed by atoms with Crippen molar-refractivity contribution in [1.82, 2.24) is 9.03 Å². The van der Waals surface area contributed by atoms with Crippen molar-refractivity contribution in [2.45, 2.75) is 39.0 Å². The first-order valence-corrected chi connectivity index (χ1v) is 9.87. The van der Waals surface area contributed by atoms with E-state index in [9.17, 15) is 8.42 Å². The monoisotopic (exact) mass is 354 g/mol. The minimum Gasteiger partial charge on any atom is -0.454 e. The first kappa shape index (κ1) is 17.5. The van der Waals surface area contributed by atoms with E-state index in [1.807, 2.05) is 32.0 Å². The van der Waals surface area contributed by atoms with E-state index >= 15 is 0 Å². The molecule has 2 aliphatic heterocycles. The Kier molecular flexibility index (Phi) is 4.77. The Hall–Kier alpha value is -1.31. The topological polar surface area (TPSA) is 67.9 Å². The highest BCUT2D eigenvalue weighted by molar-refractivity contribution is 7.87. The number of hydrogen-bond donors (Lipinski definition) is 1. The molecule has 0 radical (unpaired) electrons. The normalized spacial score (nSPS) is 21.9. The van der Waals surface area contributed by atoms with Crippen LogP contribution in [0.1, 0.15) is 39.2 Å². The third-order valence-corrected chi connectivity index (χ3v) is 6.33. The summed E-state index contributed by atoms with van der Waals surface area (Å²) in [6.07, 6.45) is 2.02. The predicted octanol–water partition coefficient (Wildman–Crippen LogP) is 2.26. The van der Waals surface area contributed by atoms with Gasteiger partial charge < -0.3 is 9.47 Å². The molecule has 7 heteroatoms. The Bertz CT molecular complexity index is 703. The van der Waals surface area contributed by atoms with Gasteiger partial charge in [0.1, 0.15) is 0 Å². The van der Waals surface area contributed by atoms with Crippen LogP contribution in [-0.4, -0.2) is 39.2 Å². The molecular weight excluding hydrogens is 328 g/mol. The van der Waals surface area contributed by atoms with Gasteiger partial charge in [0.25, 0.3) is 10.2 Å². The molecule has 134 valence electrons. The first-order chi connectivity index (χ1) is 11.3. The fourth-order valence-corrected chi connectivity index (χ4v) is 4.69. The summed E-state index contributed by atoms with van der Waals surface area (Å²) in [5.41, 5.74) is 0.664. The molecule has 1 aromatic carbocycles. The highest BCUT2D eigenvalue weighted by atomic mass is 32.2. The summed E-state index contributed by atoms with van der Waals surface area (Å²) in [6.45, 7) is 7.90. The van der Waals surface area contributed by atoms with E-state index in [2.05, 4.69) is 11.6 Å². The molecule has 1 unspecified atom stereocenters. The number of nitrogens with zero attached hydrogens (tertiary/aromatic N) is 1. The second-order valence-electron chi connectivity index (χ2n) is 7.38. The molecule has 0 aromatic heterocycles. The third kappa shape index (κ3) is 3.68. The lowest BCUT2D eigenvalue weighted by atomic mass is 9.85. The fraction of sp³-hybridized carbons (Fsp3) is 0.647. The fourth-order valence-electron chi connectivity index (χ4n) is 3.15. The van der Waals surface area contributed by atoms with Gasteiger partial charge in [-0.05, 0) is 36.5 Å². The third-order valence-electron chi connectivity index (χ3n) is 4.81. The van der Waals surface area contributed by atoms with Crippen LogP contribution in [0.25, 0.3) is 0 Å². The van der Waals surface area contributed by atoms with Gasteiger partial charge in [0.05, 0.1) is 0 Å². The van der Waals surface area contributed by atoms with E-state index in [1.165, 1.54) is 0 Å². The van der Waals surface area contributed by atoms with Crippen molar-refractivity contribution in [2.75, 3.05) is 26.4 Å². The minimum atomic E-state index is -3.44. The van der Waals surface area contributed by atoms with Crippen LogP contribution in [0.15, 0.2) is 18.2 Å². The largest absolute Gasteiger partial charge is 0.454 e. The number of rotatable bonds is 5. The molecule has 1 atom stereocenters. The van der Waals surface area contributed by atoms with Gasteiger partial charge in [-0.15, -0.1) is 0 Å². The summed E-state index contributed by atoms with van der Waals surface area (Å²) >= 11 is 0. The van der Waals surface area contributed by atoms with Crippen LogP contribution in [0.3, 0.4) is 0 Å². The molecule has 6 nitrogen and oxygen atoms in total. The highest BCUT2D eigenvalue weighted by Crippen LogP contribution is 2.36. The lowest BCUT2D eigenvalue weighted by Crippen LogP contribution is -2.48. The summed E-state index contributed by atoms with van der Waals surface area (Å²) in [4.78, 5) is 0. The molecule has 1 N–H and O–H groups in total. The maximum Gasteiger partial charge on any atom is 0.279 e. The summed E-state index contributed by atoms with van der Waals surface area (Å²) in [5, 5.41) is 0. The van der Waals surface area contributed by atoms with Crippen molar-refractivity contribution in [1.29, 1.82) is 0 Å². The van der Waals surface area contributed by atoms with E-state index < -0.39 is 10.2 Å². The number of hydrogen-bond acceptors (Lipinski definition) is 4. The van der Waals surface area contributed by atoms with Gasteiger partial charge in [-0.25, -0.2) is 4.72 Å². The molecule has 2 aliphatic rings. The van der Waals surface area contributed by atoms with Gasteiger partial charge in [-0.3, -0.25) is 0 Å². The molecule has 0 amide bonds. The summed E-state index contributed by atoms with van der Waals surface area (Å²) in [7, 11) is -3.44. The van der Waals surface area contributed by atoms with Crippen molar-refractivity contribution in [3.63, 3.8) is 0 Å². The zero-order valence-electron chi connectivity index (χ0n) is 14.5. The molecule has 3 rings (SSSR count). The Morgan fingerprint density at radius 1 is 1.29 bits per heavy atom. The Morgan fingerprint density at radius 3 is 2.79 bits per heavy atom. The van der Waals surface area contributed by atoms with Gasteiger partial charge in [-0.1, -0.05) is 26.8 Å². The van der Waals surface area contributed by atoms with Crippen molar-refractivity contribution in [3.05, 3.63) is 23.8 Å². The quantitative estimate of drug-likeness (QED) is 0.881. The SMILES string of the molecule is CC1CCCN(S(=O)(=O)NCC(C)(C)c2ccc3c(c2)OCO3)C1. The summed E-state index contributed by atoms with van der Waals surface area (Å²) in [5.74, 6) is 1.86. The lowest BCUT2D eigenvalue weighted by Gasteiger charge is -2.32. The minimum absolute atomic E-state index is 0.235. The molecule has 0 spiro atoms. The highest BCUT2D eigenvalue weighted by Gasteiger charge is 2.30. The average molecular weight is 354 g/mol.